The van der Waals surface area contributed by atoms with Crippen molar-refractivity contribution in [2.24, 2.45) is 13.0 Å². The van der Waals surface area contributed by atoms with Crippen LogP contribution < -0.4 is 0 Å². The molecule has 2 amide bonds. The molecule has 5 heteroatoms. The first kappa shape index (κ1) is 17.8. The van der Waals surface area contributed by atoms with Crippen LogP contribution in [0.1, 0.15) is 37.0 Å². The predicted molar refractivity (Wildman–Crippen MR) is 106 cm³/mol. The minimum Gasteiger partial charge on any atom is -0.351 e. The van der Waals surface area contributed by atoms with Gasteiger partial charge in [-0.25, -0.2) is 0 Å². The summed E-state index contributed by atoms with van der Waals surface area (Å²) in [6.07, 6.45) is 5.95. The van der Waals surface area contributed by atoms with Crippen molar-refractivity contribution in [3.8, 4) is 0 Å². The highest BCUT2D eigenvalue weighted by atomic mass is 16.2. The van der Waals surface area contributed by atoms with Gasteiger partial charge in [0.05, 0.1) is 5.92 Å². The third-order valence-corrected chi connectivity index (χ3v) is 5.94. The van der Waals surface area contributed by atoms with Crippen molar-refractivity contribution in [2.75, 3.05) is 19.6 Å². The van der Waals surface area contributed by atoms with Crippen molar-refractivity contribution in [1.29, 1.82) is 0 Å². The first-order valence-corrected chi connectivity index (χ1v) is 9.73. The topological polar surface area (TPSA) is 45.6 Å². The molecule has 27 heavy (non-hydrogen) atoms. The average Bonchev–Trinajstić information content (AvgIpc) is 2.84. The number of rotatable bonds is 3. The van der Waals surface area contributed by atoms with Crippen LogP contribution in [-0.2, 0) is 11.8 Å². The van der Waals surface area contributed by atoms with Gasteiger partial charge in [0.2, 0.25) is 5.91 Å². The fourth-order valence-corrected chi connectivity index (χ4v) is 4.39. The number of hydrogen-bond acceptors (Lipinski definition) is 2. The van der Waals surface area contributed by atoms with Gasteiger partial charge in [0.25, 0.3) is 5.91 Å². The second-order valence-electron chi connectivity index (χ2n) is 8.08. The van der Waals surface area contributed by atoms with Gasteiger partial charge in [0.15, 0.2) is 0 Å². The van der Waals surface area contributed by atoms with Crippen molar-refractivity contribution in [3.63, 3.8) is 0 Å². The number of carbonyl (C=O) groups is 2. The minimum atomic E-state index is -0.0757. The number of carbonyl (C=O) groups excluding carboxylic acids is 2. The summed E-state index contributed by atoms with van der Waals surface area (Å²) in [4.78, 5) is 30.1. The normalized spacial score (nSPS) is 22.3. The molecule has 3 saturated heterocycles. The summed E-state index contributed by atoms with van der Waals surface area (Å²) in [5, 5.41) is 0.981. The molecule has 2 bridgehead atoms. The summed E-state index contributed by atoms with van der Waals surface area (Å²) in [5.41, 5.74) is 3.00. The van der Waals surface area contributed by atoms with Crippen LogP contribution >= 0.6 is 0 Å². The second-order valence-corrected chi connectivity index (χ2v) is 8.08. The fraction of sp³-hybridized carbons (Fsp3) is 0.455. The molecule has 4 heterocycles. The molecule has 0 spiro atoms. The molecule has 5 nitrogen and oxygen atoms in total. The lowest BCUT2D eigenvalue weighted by Crippen LogP contribution is -2.48. The van der Waals surface area contributed by atoms with Crippen LogP contribution in [0.25, 0.3) is 10.9 Å². The molecule has 3 aliphatic heterocycles. The number of allylic oxidation sites excluding steroid dienone is 1. The summed E-state index contributed by atoms with van der Waals surface area (Å²) in [6.45, 7) is 5.91. The third-order valence-electron chi connectivity index (χ3n) is 5.94. The number of fused-ring (bicyclic) bond motifs is 5. The highest BCUT2D eigenvalue weighted by Gasteiger charge is 2.41. The molecule has 5 rings (SSSR count). The lowest BCUT2D eigenvalue weighted by molar-refractivity contribution is -0.139. The van der Waals surface area contributed by atoms with Crippen molar-refractivity contribution < 1.29 is 9.59 Å². The first-order valence-electron chi connectivity index (χ1n) is 9.73. The molecule has 0 radical (unpaired) electrons. The number of benzene rings is 1. The SMILES string of the molecule is CC(C)=CCN1C(=O)[C@@H]2CC[C@H]1CN(C(=O)c1cccc3c1ccn3C)C2. The second kappa shape index (κ2) is 6.87. The zero-order chi connectivity index (χ0) is 19.1. The van der Waals surface area contributed by atoms with E-state index in [2.05, 4.69) is 19.9 Å². The van der Waals surface area contributed by atoms with Gasteiger partial charge in [-0.15, -0.1) is 0 Å². The van der Waals surface area contributed by atoms with Crippen molar-refractivity contribution >= 4 is 22.7 Å². The van der Waals surface area contributed by atoms with E-state index in [0.29, 0.717) is 19.6 Å². The summed E-state index contributed by atoms with van der Waals surface area (Å²) in [7, 11) is 1.99. The molecule has 2 atom stereocenters. The van der Waals surface area contributed by atoms with E-state index in [0.717, 1.165) is 29.3 Å². The molecule has 0 unspecified atom stereocenters. The van der Waals surface area contributed by atoms with Gasteiger partial charge < -0.3 is 14.4 Å². The molecular weight excluding hydrogens is 338 g/mol. The highest BCUT2D eigenvalue weighted by molar-refractivity contribution is 6.06. The number of aryl methyl sites for hydroxylation is 1. The maximum absolute atomic E-state index is 13.3. The van der Waals surface area contributed by atoms with Gasteiger partial charge in [-0.1, -0.05) is 17.7 Å². The Hall–Kier alpha value is -2.56. The van der Waals surface area contributed by atoms with Crippen molar-refractivity contribution in [2.45, 2.75) is 32.7 Å². The quantitative estimate of drug-likeness (QED) is 0.784. The largest absolute Gasteiger partial charge is 0.351 e. The Morgan fingerprint density at radius 3 is 2.78 bits per heavy atom. The van der Waals surface area contributed by atoms with Gasteiger partial charge in [-0.2, -0.15) is 0 Å². The van der Waals surface area contributed by atoms with Gasteiger partial charge in [0.1, 0.15) is 0 Å². The van der Waals surface area contributed by atoms with Gasteiger partial charge >= 0.3 is 0 Å². The Kier molecular flexibility index (Phi) is 4.54. The summed E-state index contributed by atoms with van der Waals surface area (Å²) < 4.78 is 2.03. The number of amides is 2. The van der Waals surface area contributed by atoms with Gasteiger partial charge in [-0.3, -0.25) is 9.59 Å². The Morgan fingerprint density at radius 2 is 2.00 bits per heavy atom. The Balaban J connectivity index is 1.62. The lowest BCUT2D eigenvalue weighted by atomic mass is 9.94. The van der Waals surface area contributed by atoms with E-state index in [1.807, 2.05) is 51.9 Å². The lowest BCUT2D eigenvalue weighted by Gasteiger charge is -2.35. The predicted octanol–water partition coefficient (Wildman–Crippen LogP) is 3.21. The average molecular weight is 365 g/mol. The van der Waals surface area contributed by atoms with Crippen LogP contribution in [0, 0.1) is 5.92 Å². The van der Waals surface area contributed by atoms with E-state index in [1.165, 1.54) is 5.57 Å². The monoisotopic (exact) mass is 365 g/mol. The van der Waals surface area contributed by atoms with E-state index in [-0.39, 0.29) is 23.8 Å². The molecule has 0 N–H and O–H groups in total. The third kappa shape index (κ3) is 3.15. The van der Waals surface area contributed by atoms with Crippen molar-refractivity contribution in [1.82, 2.24) is 14.4 Å². The number of nitrogens with zero attached hydrogens (tertiary/aromatic N) is 3. The molecule has 0 saturated carbocycles. The Labute approximate surface area is 160 Å². The fourth-order valence-electron chi connectivity index (χ4n) is 4.39. The van der Waals surface area contributed by atoms with Crippen molar-refractivity contribution in [3.05, 3.63) is 47.7 Å². The summed E-state index contributed by atoms with van der Waals surface area (Å²) in [5.74, 6) is 0.172. The van der Waals surface area contributed by atoms with E-state index < -0.39 is 0 Å². The summed E-state index contributed by atoms with van der Waals surface area (Å²) in [6, 6.07) is 7.99. The molecule has 3 fully saturated rings. The molecule has 1 aromatic carbocycles. The highest BCUT2D eigenvalue weighted by Crippen LogP contribution is 2.31. The van der Waals surface area contributed by atoms with Gasteiger partial charge in [-0.05, 0) is 44.9 Å². The smallest absolute Gasteiger partial charge is 0.254 e. The van der Waals surface area contributed by atoms with Crippen LogP contribution in [0.3, 0.4) is 0 Å². The van der Waals surface area contributed by atoms with Crippen LogP contribution in [-0.4, -0.2) is 51.9 Å². The standard InChI is InChI=1S/C22H27N3O2/c1-15(2)9-12-25-17-8-7-16(21(25)26)13-24(14-17)22(27)19-5-4-6-20-18(19)10-11-23(20)3/h4-6,9-11,16-17H,7-8,12-14H2,1-3H3/t16-,17+/m1/s1. The number of hydrogen-bond donors (Lipinski definition) is 0. The Bertz CT molecular complexity index is 923. The zero-order valence-corrected chi connectivity index (χ0v) is 16.3. The van der Waals surface area contributed by atoms with E-state index >= 15 is 0 Å². The number of aromatic nitrogens is 1. The molecule has 3 aliphatic rings. The maximum Gasteiger partial charge on any atom is 0.254 e. The Morgan fingerprint density at radius 1 is 1.19 bits per heavy atom. The number of piperidine rings is 1. The zero-order valence-electron chi connectivity index (χ0n) is 16.3. The minimum absolute atomic E-state index is 0.0422. The van der Waals surface area contributed by atoms with Crippen LogP contribution in [0.2, 0.25) is 0 Å². The van der Waals surface area contributed by atoms with E-state index in [1.54, 1.807) is 0 Å². The molecule has 142 valence electrons. The molecule has 1 aromatic heterocycles. The van der Waals surface area contributed by atoms with Crippen LogP contribution in [0.5, 0.6) is 0 Å². The molecular formula is C22H27N3O2. The maximum atomic E-state index is 13.3. The summed E-state index contributed by atoms with van der Waals surface area (Å²) >= 11 is 0. The first-order chi connectivity index (χ1) is 13.0. The van der Waals surface area contributed by atoms with Gasteiger partial charge in [0, 0.05) is 55.4 Å². The van der Waals surface area contributed by atoms with Crippen LogP contribution in [0.15, 0.2) is 42.1 Å². The molecule has 0 aliphatic carbocycles. The van der Waals surface area contributed by atoms with E-state index in [4.69, 9.17) is 0 Å². The van der Waals surface area contributed by atoms with E-state index in [9.17, 15) is 9.59 Å². The molecule has 2 aromatic rings. The van der Waals surface area contributed by atoms with Crippen LogP contribution in [0.4, 0.5) is 0 Å².